The molecule has 2 aliphatic carbocycles. The van der Waals surface area contributed by atoms with Gasteiger partial charge in [-0.3, -0.25) is 4.79 Å². The number of carboxylic acids is 1. The van der Waals surface area contributed by atoms with Crippen molar-refractivity contribution in [3.8, 4) is 22.3 Å². The maximum atomic E-state index is 13.6. The zero-order valence-electron chi connectivity index (χ0n) is 23.7. The zero-order chi connectivity index (χ0) is 30.8. The number of aliphatic carboxylic acids is 1. The molecule has 9 nitrogen and oxygen atoms in total. The molecular weight excluding hydrogens is 560 g/mol. The molecule has 0 aromatic heterocycles. The van der Waals surface area contributed by atoms with Crippen LogP contribution in [0.2, 0.25) is 0 Å². The van der Waals surface area contributed by atoms with E-state index < -0.39 is 30.1 Å². The molecule has 1 atom stereocenters. The van der Waals surface area contributed by atoms with E-state index in [9.17, 15) is 24.3 Å². The lowest BCUT2D eigenvalue weighted by molar-refractivity contribution is -0.142. The minimum absolute atomic E-state index is 0.137. The third-order valence-electron chi connectivity index (χ3n) is 8.33. The third kappa shape index (κ3) is 5.28. The van der Waals surface area contributed by atoms with Gasteiger partial charge in [0.15, 0.2) is 0 Å². The molecule has 0 unspecified atom stereocenters. The molecule has 0 aliphatic heterocycles. The molecule has 3 N–H and O–H groups in total. The second kappa shape index (κ2) is 12.0. The van der Waals surface area contributed by atoms with Gasteiger partial charge in [0.2, 0.25) is 5.91 Å². The lowest BCUT2D eigenvalue weighted by atomic mass is 9.98. The molecule has 0 heterocycles. The van der Waals surface area contributed by atoms with Crippen LogP contribution in [0.3, 0.4) is 0 Å². The second-order valence-electron chi connectivity index (χ2n) is 10.8. The maximum absolute atomic E-state index is 13.6. The molecule has 0 spiro atoms. The van der Waals surface area contributed by atoms with Gasteiger partial charge in [0.05, 0.1) is 0 Å². The Kier molecular flexibility index (Phi) is 7.85. The normalized spacial score (nSPS) is 13.6. The molecule has 9 heteroatoms. The van der Waals surface area contributed by atoms with E-state index in [-0.39, 0.29) is 37.9 Å². The van der Waals surface area contributed by atoms with Gasteiger partial charge in [0.25, 0.3) is 0 Å². The highest BCUT2D eigenvalue weighted by Crippen LogP contribution is 2.45. The first-order chi connectivity index (χ1) is 21.3. The summed E-state index contributed by atoms with van der Waals surface area (Å²) >= 11 is 0. The van der Waals surface area contributed by atoms with Crippen LogP contribution in [0, 0.1) is 0 Å². The molecular formula is C35H30N2O7. The van der Waals surface area contributed by atoms with Crippen LogP contribution in [0.1, 0.15) is 46.9 Å². The number of carbonyl (C=O) groups is 4. The molecule has 222 valence electrons. The van der Waals surface area contributed by atoms with Crippen molar-refractivity contribution >= 4 is 24.1 Å². The number of ether oxygens (including phenoxy) is 2. The fourth-order valence-electron chi connectivity index (χ4n) is 6.30. The topological polar surface area (TPSA) is 136 Å². The number of hydrogen-bond donors (Lipinski definition) is 2. The van der Waals surface area contributed by atoms with Gasteiger partial charge in [-0.2, -0.15) is 4.90 Å². The summed E-state index contributed by atoms with van der Waals surface area (Å²) in [7, 11) is 0. The molecule has 4 aromatic carbocycles. The first kappa shape index (κ1) is 28.7. The fraction of sp³-hybridized carbons (Fsp3) is 0.200. The van der Waals surface area contributed by atoms with Gasteiger partial charge in [-0.15, -0.1) is 0 Å². The lowest BCUT2D eigenvalue weighted by Crippen LogP contribution is -2.50. The predicted octanol–water partition coefficient (Wildman–Crippen LogP) is 5.91. The van der Waals surface area contributed by atoms with Gasteiger partial charge in [0, 0.05) is 18.3 Å². The van der Waals surface area contributed by atoms with Gasteiger partial charge in [-0.25, -0.2) is 14.4 Å². The standard InChI is InChI=1S/C35H30N2O7/c36-32(38)18-17-31(33(39)40)37(34(41)43-19-29-25-13-5-1-9-21(25)22-10-2-6-14-26(22)29)35(42)44-20-30-27-15-7-3-11-23(27)24-12-4-8-16-28(24)30/h1-16,29-31H,17-20H2,(H2,36,38)(H,39,40)/t31-/m0/s1. The highest BCUT2D eigenvalue weighted by molar-refractivity contribution is 5.94. The molecule has 4 aromatic rings. The van der Waals surface area contributed by atoms with E-state index in [1.165, 1.54) is 0 Å². The number of carboxylic acid groups (broad SMARTS) is 1. The van der Waals surface area contributed by atoms with E-state index in [2.05, 4.69) is 0 Å². The van der Waals surface area contributed by atoms with Crippen LogP contribution in [-0.4, -0.2) is 53.3 Å². The van der Waals surface area contributed by atoms with Crippen LogP contribution in [0.5, 0.6) is 0 Å². The van der Waals surface area contributed by atoms with E-state index in [0.29, 0.717) is 4.90 Å². The summed E-state index contributed by atoms with van der Waals surface area (Å²) in [6.45, 7) is -0.273. The Labute approximate surface area is 253 Å². The molecule has 0 fully saturated rings. The number of hydrogen-bond acceptors (Lipinski definition) is 6. The van der Waals surface area contributed by atoms with Gasteiger partial charge < -0.3 is 20.3 Å². The van der Waals surface area contributed by atoms with Gasteiger partial charge in [0.1, 0.15) is 19.3 Å². The summed E-state index contributed by atoms with van der Waals surface area (Å²) < 4.78 is 11.3. The van der Waals surface area contributed by atoms with Gasteiger partial charge in [-0.1, -0.05) is 97.1 Å². The smallest absolute Gasteiger partial charge is 0.420 e. The van der Waals surface area contributed by atoms with Crippen molar-refractivity contribution in [1.29, 1.82) is 0 Å². The Morgan fingerprint density at radius 1 is 0.636 bits per heavy atom. The number of rotatable bonds is 9. The summed E-state index contributed by atoms with van der Waals surface area (Å²) in [4.78, 5) is 51.5. The summed E-state index contributed by atoms with van der Waals surface area (Å²) in [6, 6.07) is 29.3. The Hall–Kier alpha value is -5.44. The molecule has 6 rings (SSSR count). The second-order valence-corrected chi connectivity index (χ2v) is 10.8. The highest BCUT2D eigenvalue weighted by Gasteiger charge is 2.40. The number of primary amides is 1. The summed E-state index contributed by atoms with van der Waals surface area (Å²) in [5.41, 5.74) is 13.2. The third-order valence-corrected chi connectivity index (χ3v) is 8.33. The highest BCUT2D eigenvalue weighted by atomic mass is 16.6. The largest absolute Gasteiger partial charge is 0.480 e. The van der Waals surface area contributed by atoms with E-state index in [4.69, 9.17) is 15.2 Å². The monoisotopic (exact) mass is 590 g/mol. The van der Waals surface area contributed by atoms with E-state index in [0.717, 1.165) is 44.5 Å². The van der Waals surface area contributed by atoms with Crippen molar-refractivity contribution < 1.29 is 33.8 Å². The quantitative estimate of drug-likeness (QED) is 0.247. The molecule has 3 amide bonds. The summed E-state index contributed by atoms with van der Waals surface area (Å²) in [5, 5.41) is 10.0. The number of carbonyl (C=O) groups excluding carboxylic acids is 3. The van der Waals surface area contributed by atoms with E-state index >= 15 is 0 Å². The number of benzene rings is 4. The molecule has 44 heavy (non-hydrogen) atoms. The van der Waals surface area contributed by atoms with Crippen molar-refractivity contribution in [3.63, 3.8) is 0 Å². The number of nitrogens with two attached hydrogens (primary N) is 1. The van der Waals surface area contributed by atoms with Crippen molar-refractivity contribution in [3.05, 3.63) is 119 Å². The Balaban J connectivity index is 1.24. The SMILES string of the molecule is NC(=O)CC[C@@H](C(=O)O)N(C(=O)OCC1c2ccccc2-c2ccccc21)C(=O)OCC1c2ccccc2-c2ccccc21. The average Bonchev–Trinajstić information content (AvgIpc) is 3.53. The molecule has 0 radical (unpaired) electrons. The van der Waals surface area contributed by atoms with Crippen molar-refractivity contribution in [2.75, 3.05) is 13.2 Å². The molecule has 0 saturated heterocycles. The van der Waals surface area contributed by atoms with E-state index in [1.807, 2.05) is 97.1 Å². The maximum Gasteiger partial charge on any atom is 0.420 e. The lowest BCUT2D eigenvalue weighted by Gasteiger charge is -2.27. The van der Waals surface area contributed by atoms with Crippen molar-refractivity contribution in [2.45, 2.75) is 30.7 Å². The van der Waals surface area contributed by atoms with Crippen LogP contribution >= 0.6 is 0 Å². The van der Waals surface area contributed by atoms with Gasteiger partial charge in [-0.05, 0) is 50.9 Å². The van der Waals surface area contributed by atoms with E-state index in [1.54, 1.807) is 0 Å². The minimum atomic E-state index is -1.73. The molecule has 0 saturated carbocycles. The average molecular weight is 591 g/mol. The van der Waals surface area contributed by atoms with Crippen LogP contribution in [0.15, 0.2) is 97.1 Å². The fourth-order valence-corrected chi connectivity index (χ4v) is 6.30. The summed E-state index contributed by atoms with van der Waals surface area (Å²) in [6.07, 6.45) is -3.11. The number of nitrogens with zero attached hydrogens (tertiary/aromatic N) is 1. The number of amides is 3. The van der Waals surface area contributed by atoms with Crippen LogP contribution in [0.4, 0.5) is 9.59 Å². The Morgan fingerprint density at radius 3 is 1.30 bits per heavy atom. The Morgan fingerprint density at radius 2 is 0.977 bits per heavy atom. The summed E-state index contributed by atoms with van der Waals surface area (Å²) in [5.74, 6) is -2.89. The predicted molar refractivity (Wildman–Crippen MR) is 162 cm³/mol. The zero-order valence-corrected chi connectivity index (χ0v) is 23.7. The minimum Gasteiger partial charge on any atom is -0.480 e. The van der Waals surface area contributed by atoms with Crippen LogP contribution in [0.25, 0.3) is 22.3 Å². The Bertz CT molecular complexity index is 1570. The van der Waals surface area contributed by atoms with Crippen molar-refractivity contribution in [1.82, 2.24) is 4.90 Å². The number of fused-ring (bicyclic) bond motifs is 6. The van der Waals surface area contributed by atoms with Crippen LogP contribution in [-0.2, 0) is 19.1 Å². The number of imide groups is 1. The van der Waals surface area contributed by atoms with Gasteiger partial charge >= 0.3 is 18.2 Å². The molecule has 0 bridgehead atoms. The van der Waals surface area contributed by atoms with Crippen molar-refractivity contribution in [2.24, 2.45) is 5.73 Å². The first-order valence-electron chi connectivity index (χ1n) is 14.4. The molecule has 2 aliphatic rings. The first-order valence-corrected chi connectivity index (χ1v) is 14.4. The van der Waals surface area contributed by atoms with Crippen LogP contribution < -0.4 is 5.73 Å².